The molecule has 1 aromatic rings. The van der Waals surface area contributed by atoms with Crippen LogP contribution in [0.25, 0.3) is 0 Å². The molecule has 6 nitrogen and oxygen atoms in total. The van der Waals surface area contributed by atoms with E-state index in [-0.39, 0.29) is 18.9 Å². The maximum absolute atomic E-state index is 12.4. The van der Waals surface area contributed by atoms with E-state index in [1.807, 2.05) is 43.9 Å². The molecule has 0 saturated carbocycles. The number of hydrogen-bond acceptors (Lipinski definition) is 5. The summed E-state index contributed by atoms with van der Waals surface area (Å²) in [6, 6.07) is 6.00. The minimum atomic E-state index is -0.481. The zero-order valence-corrected chi connectivity index (χ0v) is 13.9. The lowest BCUT2D eigenvalue weighted by molar-refractivity contribution is 0.0122. The minimum absolute atomic E-state index is 0.0685. The van der Waals surface area contributed by atoms with Gasteiger partial charge in [-0.05, 0) is 44.9 Å². The van der Waals surface area contributed by atoms with Crippen LogP contribution in [-0.2, 0) is 11.2 Å². The molecule has 126 valence electrons. The topological polar surface area (TPSA) is 60.0 Å². The summed E-state index contributed by atoms with van der Waals surface area (Å²) >= 11 is 0. The van der Waals surface area contributed by atoms with Gasteiger partial charge in [-0.1, -0.05) is 6.07 Å². The Hall–Kier alpha value is -1.95. The highest BCUT2D eigenvalue weighted by atomic mass is 16.7. The normalized spacial score (nSPS) is 20.5. The van der Waals surface area contributed by atoms with Gasteiger partial charge in [0.25, 0.3) is 0 Å². The van der Waals surface area contributed by atoms with Crippen molar-refractivity contribution in [3.8, 4) is 11.5 Å². The maximum Gasteiger partial charge on any atom is 0.410 e. The lowest BCUT2D eigenvalue weighted by Crippen LogP contribution is -2.55. The largest absolute Gasteiger partial charge is 0.454 e. The first-order chi connectivity index (χ1) is 10.9. The smallest absolute Gasteiger partial charge is 0.410 e. The number of nitrogens with one attached hydrogen (secondary N) is 1. The highest BCUT2D eigenvalue weighted by Crippen LogP contribution is 2.33. The number of fused-ring (bicyclic) bond motifs is 1. The van der Waals surface area contributed by atoms with Crippen molar-refractivity contribution >= 4 is 6.09 Å². The summed E-state index contributed by atoms with van der Waals surface area (Å²) in [5.74, 6) is 1.55. The van der Waals surface area contributed by atoms with Gasteiger partial charge < -0.3 is 24.4 Å². The summed E-state index contributed by atoms with van der Waals surface area (Å²) in [6.45, 7) is 8.14. The Morgan fingerprint density at radius 3 is 2.91 bits per heavy atom. The van der Waals surface area contributed by atoms with Gasteiger partial charge in [-0.2, -0.15) is 0 Å². The van der Waals surface area contributed by atoms with Crippen molar-refractivity contribution in [3.63, 3.8) is 0 Å². The van der Waals surface area contributed by atoms with E-state index >= 15 is 0 Å². The third-order valence-electron chi connectivity index (χ3n) is 3.89. The van der Waals surface area contributed by atoms with E-state index in [2.05, 4.69) is 5.32 Å². The number of carbonyl (C=O) groups excluding carboxylic acids is 1. The summed E-state index contributed by atoms with van der Waals surface area (Å²) in [5, 5.41) is 3.35. The van der Waals surface area contributed by atoms with Crippen LogP contribution >= 0.6 is 0 Å². The van der Waals surface area contributed by atoms with Gasteiger partial charge in [-0.25, -0.2) is 4.79 Å². The van der Waals surface area contributed by atoms with E-state index in [4.69, 9.17) is 14.2 Å². The molecule has 23 heavy (non-hydrogen) atoms. The number of rotatable bonds is 2. The first-order valence-electron chi connectivity index (χ1n) is 8.01. The van der Waals surface area contributed by atoms with Crippen molar-refractivity contribution in [2.24, 2.45) is 0 Å². The third kappa shape index (κ3) is 3.88. The number of piperazine rings is 1. The zero-order chi connectivity index (χ0) is 16.4. The second kappa shape index (κ2) is 6.28. The van der Waals surface area contributed by atoms with Gasteiger partial charge in [-0.3, -0.25) is 0 Å². The molecule has 1 aromatic carbocycles. The molecule has 2 heterocycles. The zero-order valence-electron chi connectivity index (χ0n) is 13.9. The van der Waals surface area contributed by atoms with E-state index < -0.39 is 5.60 Å². The Morgan fingerprint density at radius 2 is 2.13 bits per heavy atom. The molecule has 1 amide bonds. The Bertz CT molecular complexity index is 582. The molecule has 2 aliphatic heterocycles. The van der Waals surface area contributed by atoms with Gasteiger partial charge in [0.1, 0.15) is 5.60 Å². The van der Waals surface area contributed by atoms with Crippen LogP contribution in [0.15, 0.2) is 18.2 Å². The first-order valence-corrected chi connectivity index (χ1v) is 8.01. The van der Waals surface area contributed by atoms with E-state index in [9.17, 15) is 4.79 Å². The van der Waals surface area contributed by atoms with Gasteiger partial charge in [0.15, 0.2) is 11.5 Å². The van der Waals surface area contributed by atoms with Gasteiger partial charge in [0.2, 0.25) is 6.79 Å². The highest BCUT2D eigenvalue weighted by Gasteiger charge is 2.30. The number of nitrogens with zero attached hydrogens (tertiary/aromatic N) is 1. The quantitative estimate of drug-likeness (QED) is 0.905. The van der Waals surface area contributed by atoms with Crippen LogP contribution in [0.1, 0.15) is 26.3 Å². The molecule has 1 N–H and O–H groups in total. The molecule has 0 aromatic heterocycles. The molecule has 3 rings (SSSR count). The highest BCUT2D eigenvalue weighted by molar-refractivity contribution is 5.69. The number of hydrogen-bond donors (Lipinski definition) is 1. The average Bonchev–Trinajstić information content (AvgIpc) is 2.93. The lowest BCUT2D eigenvalue weighted by Gasteiger charge is -2.37. The van der Waals surface area contributed by atoms with Gasteiger partial charge in [0, 0.05) is 19.6 Å². The van der Waals surface area contributed by atoms with Crippen LogP contribution in [0.5, 0.6) is 11.5 Å². The van der Waals surface area contributed by atoms with Crippen LogP contribution in [0.4, 0.5) is 4.79 Å². The Kier molecular flexibility index (Phi) is 4.35. The van der Waals surface area contributed by atoms with E-state index in [0.717, 1.165) is 36.6 Å². The molecule has 1 saturated heterocycles. The van der Waals surface area contributed by atoms with Crippen molar-refractivity contribution < 1.29 is 19.0 Å². The molecule has 0 radical (unpaired) electrons. The standard InChI is InChI=1S/C17H24N2O4/c1-17(2,3)23-16(20)19-7-6-18-10-13(19)8-12-4-5-14-15(9-12)22-11-21-14/h4-5,9,13,18H,6-8,10-11H2,1-3H3/t13-/m0/s1. The molecular weight excluding hydrogens is 296 g/mol. The number of amides is 1. The summed E-state index contributed by atoms with van der Waals surface area (Å²) in [4.78, 5) is 14.3. The van der Waals surface area contributed by atoms with Gasteiger partial charge >= 0.3 is 6.09 Å². The SMILES string of the molecule is CC(C)(C)OC(=O)N1CCNC[C@@H]1Cc1ccc2c(c1)OCO2. The van der Waals surface area contributed by atoms with E-state index in [0.29, 0.717) is 6.54 Å². The summed E-state index contributed by atoms with van der Waals surface area (Å²) in [7, 11) is 0. The van der Waals surface area contributed by atoms with Crippen LogP contribution < -0.4 is 14.8 Å². The molecule has 6 heteroatoms. The average molecular weight is 320 g/mol. The number of benzene rings is 1. The van der Waals surface area contributed by atoms with Crippen molar-refractivity contribution in [1.29, 1.82) is 0 Å². The van der Waals surface area contributed by atoms with Gasteiger partial charge in [0.05, 0.1) is 6.04 Å². The molecule has 0 spiro atoms. The third-order valence-corrected chi connectivity index (χ3v) is 3.89. The Morgan fingerprint density at radius 1 is 1.35 bits per heavy atom. The van der Waals surface area contributed by atoms with E-state index in [1.54, 1.807) is 0 Å². The molecule has 1 atom stereocenters. The summed E-state index contributed by atoms with van der Waals surface area (Å²) in [5.41, 5.74) is 0.641. The lowest BCUT2D eigenvalue weighted by atomic mass is 10.0. The molecule has 1 fully saturated rings. The van der Waals surface area contributed by atoms with Crippen molar-refractivity contribution in [2.45, 2.75) is 38.8 Å². The first kappa shape index (κ1) is 15.9. The second-order valence-corrected chi connectivity index (χ2v) is 6.92. The van der Waals surface area contributed by atoms with E-state index in [1.165, 1.54) is 0 Å². The molecule has 2 aliphatic rings. The van der Waals surface area contributed by atoms with Crippen LogP contribution in [-0.4, -0.2) is 49.1 Å². The fourth-order valence-electron chi connectivity index (χ4n) is 2.84. The maximum atomic E-state index is 12.4. The van der Waals surface area contributed by atoms with Crippen molar-refractivity contribution in [3.05, 3.63) is 23.8 Å². The van der Waals surface area contributed by atoms with Crippen molar-refractivity contribution in [2.75, 3.05) is 26.4 Å². The summed E-state index contributed by atoms with van der Waals surface area (Å²) in [6.07, 6.45) is 0.507. The van der Waals surface area contributed by atoms with Crippen LogP contribution in [0.2, 0.25) is 0 Å². The second-order valence-electron chi connectivity index (χ2n) is 6.92. The minimum Gasteiger partial charge on any atom is -0.454 e. The molecule has 0 unspecified atom stereocenters. The Labute approximate surface area is 136 Å². The molecular formula is C17H24N2O4. The number of carbonyl (C=O) groups is 1. The fraction of sp³-hybridized carbons (Fsp3) is 0.588. The van der Waals surface area contributed by atoms with Gasteiger partial charge in [-0.15, -0.1) is 0 Å². The fourth-order valence-corrected chi connectivity index (χ4v) is 2.84. The Balaban J connectivity index is 1.70. The molecule has 0 bridgehead atoms. The molecule has 0 aliphatic carbocycles. The summed E-state index contributed by atoms with van der Waals surface area (Å²) < 4.78 is 16.3. The number of ether oxygens (including phenoxy) is 3. The predicted molar refractivity (Wildman–Crippen MR) is 85.9 cm³/mol. The monoisotopic (exact) mass is 320 g/mol. The van der Waals surface area contributed by atoms with Crippen molar-refractivity contribution in [1.82, 2.24) is 10.2 Å². The van der Waals surface area contributed by atoms with Crippen LogP contribution in [0, 0.1) is 0 Å². The van der Waals surface area contributed by atoms with Crippen LogP contribution in [0.3, 0.4) is 0 Å². The predicted octanol–water partition coefficient (Wildman–Crippen LogP) is 2.17.